The van der Waals surface area contributed by atoms with Gasteiger partial charge in [-0.1, -0.05) is 13.8 Å². The van der Waals surface area contributed by atoms with Crippen molar-refractivity contribution in [1.29, 1.82) is 0 Å². The zero-order valence-electron chi connectivity index (χ0n) is 12.0. The molecule has 0 aliphatic rings. The van der Waals surface area contributed by atoms with E-state index in [4.69, 9.17) is 10.5 Å². The van der Waals surface area contributed by atoms with Gasteiger partial charge >= 0.3 is 5.97 Å². The van der Waals surface area contributed by atoms with Crippen LogP contribution in [0.15, 0.2) is 12.1 Å². The molecule has 0 aliphatic heterocycles. The maximum absolute atomic E-state index is 12.1. The van der Waals surface area contributed by atoms with Gasteiger partial charge in [0, 0.05) is 0 Å². The van der Waals surface area contributed by atoms with Crippen molar-refractivity contribution in [2.24, 2.45) is 5.92 Å². The molecule has 0 radical (unpaired) electrons. The summed E-state index contributed by atoms with van der Waals surface area (Å²) in [5.41, 5.74) is 6.94. The summed E-state index contributed by atoms with van der Waals surface area (Å²) in [6.45, 7) is 6.28. The first-order valence-electron chi connectivity index (χ1n) is 6.80. The number of nitrogens with two attached hydrogens (primary N) is 1. The second-order valence-corrected chi connectivity index (χ2v) is 5.16. The summed E-state index contributed by atoms with van der Waals surface area (Å²) in [5.74, 6) is 0.701. The Balaban J connectivity index is 2.36. The Morgan fingerprint density at radius 3 is 2.80 bits per heavy atom. The lowest BCUT2D eigenvalue weighted by Crippen LogP contribution is -2.19. The third-order valence-corrected chi connectivity index (χ3v) is 2.99. The first kappa shape index (κ1) is 14.3. The molecule has 108 valence electrons. The maximum Gasteiger partial charge on any atom is 0.316 e. The zero-order valence-corrected chi connectivity index (χ0v) is 12.0. The molecule has 2 aromatic rings. The van der Waals surface area contributed by atoms with Crippen LogP contribution >= 0.6 is 0 Å². The molecule has 1 atom stereocenters. The summed E-state index contributed by atoms with van der Waals surface area (Å²) in [6.07, 6.45) is 0.675. The summed E-state index contributed by atoms with van der Waals surface area (Å²) >= 11 is 0. The Morgan fingerprint density at radius 2 is 2.15 bits per heavy atom. The molecule has 0 bridgehead atoms. The Morgan fingerprint density at radius 1 is 1.40 bits per heavy atom. The first-order valence-corrected chi connectivity index (χ1v) is 6.80. The molecule has 1 unspecified atom stereocenters. The van der Waals surface area contributed by atoms with Crippen molar-refractivity contribution in [3.05, 3.63) is 18.0 Å². The predicted molar refractivity (Wildman–Crippen MR) is 77.1 cm³/mol. The van der Waals surface area contributed by atoms with E-state index in [9.17, 15) is 4.79 Å². The summed E-state index contributed by atoms with van der Waals surface area (Å²) < 4.78 is 5.14. The predicted octanol–water partition coefficient (Wildman–Crippen LogP) is 2.23. The van der Waals surface area contributed by atoms with E-state index >= 15 is 0 Å². The van der Waals surface area contributed by atoms with Crippen LogP contribution in [0.25, 0.3) is 11.2 Å². The van der Waals surface area contributed by atoms with E-state index in [2.05, 4.69) is 28.8 Å². The number of aromatic amines is 1. The molecule has 2 rings (SSSR count). The monoisotopic (exact) mass is 276 g/mol. The number of nitrogens with one attached hydrogen (secondary N) is 1. The number of pyridine rings is 1. The first-order chi connectivity index (χ1) is 9.51. The number of aromatic nitrogens is 3. The van der Waals surface area contributed by atoms with Gasteiger partial charge < -0.3 is 15.5 Å². The van der Waals surface area contributed by atoms with Crippen LogP contribution in [0.5, 0.6) is 0 Å². The van der Waals surface area contributed by atoms with E-state index in [1.807, 2.05) is 6.07 Å². The minimum atomic E-state index is -0.398. The molecule has 3 N–H and O–H groups in total. The van der Waals surface area contributed by atoms with Crippen LogP contribution in [0.4, 0.5) is 5.82 Å². The van der Waals surface area contributed by atoms with E-state index in [1.165, 1.54) is 0 Å². The number of nitrogens with zero attached hydrogens (tertiary/aromatic N) is 2. The Kier molecular flexibility index (Phi) is 4.22. The maximum atomic E-state index is 12.1. The van der Waals surface area contributed by atoms with Gasteiger partial charge in [0.15, 0.2) is 5.65 Å². The van der Waals surface area contributed by atoms with Crippen LogP contribution < -0.4 is 5.73 Å². The van der Waals surface area contributed by atoms with Crippen molar-refractivity contribution < 1.29 is 9.53 Å². The quantitative estimate of drug-likeness (QED) is 0.817. The van der Waals surface area contributed by atoms with E-state index in [1.54, 1.807) is 13.0 Å². The fraction of sp³-hybridized carbons (Fsp3) is 0.500. The number of nitrogen functional groups attached to an aromatic ring is 1. The molecule has 0 saturated heterocycles. The number of hydrogen-bond acceptors (Lipinski definition) is 5. The summed E-state index contributed by atoms with van der Waals surface area (Å²) in [4.78, 5) is 23.8. The van der Waals surface area contributed by atoms with Crippen LogP contribution in [0.1, 0.15) is 38.9 Å². The standard InChI is InChI=1S/C14H20N4O2/c1-4-20-14(19)9(7-8(2)3)12-16-10-5-6-11(15)17-13(10)18-12/h5-6,8-9H,4,7H2,1-3H3,(H3,15,16,17,18). The molecule has 6 heteroatoms. The lowest BCUT2D eigenvalue weighted by Gasteiger charge is -2.15. The third kappa shape index (κ3) is 3.07. The molecule has 2 aromatic heterocycles. The molecule has 0 amide bonds. The molecule has 0 aromatic carbocycles. The van der Waals surface area contributed by atoms with Crippen LogP contribution in [0.3, 0.4) is 0 Å². The lowest BCUT2D eigenvalue weighted by molar-refractivity contribution is -0.145. The average Bonchev–Trinajstić information content (AvgIpc) is 2.78. The van der Waals surface area contributed by atoms with Crippen LogP contribution in [0, 0.1) is 5.92 Å². The van der Waals surface area contributed by atoms with Crippen molar-refractivity contribution in [3.63, 3.8) is 0 Å². The van der Waals surface area contributed by atoms with Gasteiger partial charge in [-0.25, -0.2) is 9.97 Å². The number of carbonyl (C=O) groups excluding carboxylic acids is 1. The van der Waals surface area contributed by atoms with Gasteiger partial charge in [-0.15, -0.1) is 0 Å². The van der Waals surface area contributed by atoms with E-state index < -0.39 is 5.92 Å². The minimum absolute atomic E-state index is 0.256. The molecule has 0 spiro atoms. The number of anilines is 1. The van der Waals surface area contributed by atoms with Gasteiger partial charge in [-0.3, -0.25) is 4.79 Å². The fourth-order valence-electron chi connectivity index (χ4n) is 2.12. The Labute approximate surface area is 117 Å². The number of fused-ring (bicyclic) bond motifs is 1. The number of rotatable bonds is 5. The minimum Gasteiger partial charge on any atom is -0.465 e. The largest absolute Gasteiger partial charge is 0.465 e. The smallest absolute Gasteiger partial charge is 0.316 e. The SMILES string of the molecule is CCOC(=O)C(CC(C)C)c1nc2nc(N)ccc2[nH]1. The van der Waals surface area contributed by atoms with Gasteiger partial charge in [-0.2, -0.15) is 0 Å². The topological polar surface area (TPSA) is 93.9 Å². The van der Waals surface area contributed by atoms with E-state index in [-0.39, 0.29) is 5.97 Å². The molecular formula is C14H20N4O2. The Bertz CT molecular complexity index is 606. The average molecular weight is 276 g/mol. The third-order valence-electron chi connectivity index (χ3n) is 2.99. The molecule has 0 fully saturated rings. The molecule has 0 saturated carbocycles. The molecular weight excluding hydrogens is 256 g/mol. The number of hydrogen-bond donors (Lipinski definition) is 2. The molecule has 0 aliphatic carbocycles. The zero-order chi connectivity index (χ0) is 14.7. The van der Waals surface area contributed by atoms with Crippen molar-refractivity contribution in [2.75, 3.05) is 12.3 Å². The van der Waals surface area contributed by atoms with Crippen molar-refractivity contribution in [3.8, 4) is 0 Å². The highest BCUT2D eigenvalue weighted by Crippen LogP contribution is 2.25. The number of ether oxygens (including phenoxy) is 1. The normalized spacial score (nSPS) is 12.8. The van der Waals surface area contributed by atoms with Gasteiger partial charge in [0.1, 0.15) is 17.6 Å². The van der Waals surface area contributed by atoms with Crippen LogP contribution in [0.2, 0.25) is 0 Å². The van der Waals surface area contributed by atoms with Gasteiger partial charge in [0.05, 0.1) is 12.1 Å². The van der Waals surface area contributed by atoms with E-state index in [0.717, 1.165) is 5.52 Å². The number of H-pyrrole nitrogens is 1. The second-order valence-electron chi connectivity index (χ2n) is 5.16. The number of carbonyl (C=O) groups is 1. The highest BCUT2D eigenvalue weighted by atomic mass is 16.5. The summed E-state index contributed by atoms with van der Waals surface area (Å²) in [5, 5.41) is 0. The van der Waals surface area contributed by atoms with Crippen molar-refractivity contribution >= 4 is 23.0 Å². The second kappa shape index (κ2) is 5.90. The van der Waals surface area contributed by atoms with Gasteiger partial charge in [-0.05, 0) is 31.4 Å². The number of esters is 1. The molecule has 6 nitrogen and oxygen atoms in total. The molecule has 20 heavy (non-hydrogen) atoms. The van der Waals surface area contributed by atoms with Crippen LogP contribution in [-0.4, -0.2) is 27.5 Å². The summed E-state index contributed by atoms with van der Waals surface area (Å²) in [6, 6.07) is 3.51. The van der Waals surface area contributed by atoms with Crippen molar-refractivity contribution in [2.45, 2.75) is 33.1 Å². The Hall–Kier alpha value is -2.11. The fourth-order valence-corrected chi connectivity index (χ4v) is 2.12. The van der Waals surface area contributed by atoms with E-state index in [0.29, 0.717) is 36.2 Å². The highest BCUT2D eigenvalue weighted by molar-refractivity contribution is 5.79. The lowest BCUT2D eigenvalue weighted by atomic mass is 9.96. The number of imidazole rings is 1. The van der Waals surface area contributed by atoms with Gasteiger partial charge in [0.2, 0.25) is 0 Å². The molecule has 2 heterocycles. The van der Waals surface area contributed by atoms with Crippen LogP contribution in [-0.2, 0) is 9.53 Å². The summed E-state index contributed by atoms with van der Waals surface area (Å²) in [7, 11) is 0. The van der Waals surface area contributed by atoms with Crippen molar-refractivity contribution in [1.82, 2.24) is 15.0 Å². The van der Waals surface area contributed by atoms with Gasteiger partial charge in [0.25, 0.3) is 0 Å². The highest BCUT2D eigenvalue weighted by Gasteiger charge is 2.26.